The zero-order valence-corrected chi connectivity index (χ0v) is 16.5. The molecule has 0 bridgehead atoms. The van der Waals surface area contributed by atoms with Gasteiger partial charge in [0.2, 0.25) is 15.9 Å². The number of carbonyl (C=O) groups is 1. The van der Waals surface area contributed by atoms with E-state index < -0.39 is 32.7 Å². The second-order valence-electron chi connectivity index (χ2n) is 6.45. The molecule has 1 heterocycles. The Bertz CT molecular complexity index is 1100. The normalized spacial score (nSPS) is 12.3. The molecule has 6 nitrogen and oxygen atoms in total. The lowest BCUT2D eigenvalue weighted by Gasteiger charge is -2.19. The molecule has 2 aromatic carbocycles. The van der Waals surface area contributed by atoms with Gasteiger partial charge in [0, 0.05) is 5.69 Å². The average molecular weight is 413 g/mol. The molecular formula is C21H20FN3O3S. The Kier molecular flexibility index (Phi) is 6.36. The first-order valence-electron chi connectivity index (χ1n) is 8.90. The zero-order valence-electron chi connectivity index (χ0n) is 15.7. The summed E-state index contributed by atoms with van der Waals surface area (Å²) in [5.41, 5.74) is 1.45. The van der Waals surface area contributed by atoms with E-state index in [-0.39, 0.29) is 6.42 Å². The summed E-state index contributed by atoms with van der Waals surface area (Å²) in [6, 6.07) is 17.9. The number of rotatable bonds is 7. The number of aromatic nitrogens is 1. The summed E-state index contributed by atoms with van der Waals surface area (Å²) in [4.78, 5) is 16.5. The van der Waals surface area contributed by atoms with E-state index >= 15 is 0 Å². The summed E-state index contributed by atoms with van der Waals surface area (Å²) in [6.45, 7) is 1.78. The van der Waals surface area contributed by atoms with Crippen molar-refractivity contribution in [1.29, 1.82) is 0 Å². The predicted molar refractivity (Wildman–Crippen MR) is 108 cm³/mol. The highest BCUT2D eigenvalue weighted by molar-refractivity contribution is 7.89. The summed E-state index contributed by atoms with van der Waals surface area (Å²) in [5, 5.41) is 2.62. The van der Waals surface area contributed by atoms with Crippen LogP contribution in [0.2, 0.25) is 0 Å². The zero-order chi connectivity index (χ0) is 20.9. The fraction of sp³-hybridized carbons (Fsp3) is 0.143. The second-order valence-corrected chi connectivity index (χ2v) is 8.13. The monoisotopic (exact) mass is 413 g/mol. The number of sulfonamides is 1. The van der Waals surface area contributed by atoms with Crippen molar-refractivity contribution in [2.75, 3.05) is 5.32 Å². The quantitative estimate of drug-likeness (QED) is 0.623. The van der Waals surface area contributed by atoms with Crippen LogP contribution in [0.1, 0.15) is 11.3 Å². The lowest BCUT2D eigenvalue weighted by molar-refractivity contribution is -0.117. The Morgan fingerprint density at radius 1 is 1.00 bits per heavy atom. The highest BCUT2D eigenvalue weighted by atomic mass is 32.2. The van der Waals surface area contributed by atoms with Gasteiger partial charge in [-0.2, -0.15) is 4.72 Å². The van der Waals surface area contributed by atoms with Gasteiger partial charge in [-0.15, -0.1) is 0 Å². The molecule has 0 saturated carbocycles. The molecule has 0 radical (unpaired) electrons. The number of aryl methyl sites for hydroxylation is 1. The van der Waals surface area contributed by atoms with Gasteiger partial charge in [-0.3, -0.25) is 4.79 Å². The van der Waals surface area contributed by atoms with E-state index in [1.54, 1.807) is 49.4 Å². The van der Waals surface area contributed by atoms with E-state index in [9.17, 15) is 17.6 Å². The molecule has 2 N–H and O–H groups in total. The van der Waals surface area contributed by atoms with E-state index in [1.165, 1.54) is 12.1 Å². The van der Waals surface area contributed by atoms with Crippen LogP contribution < -0.4 is 10.0 Å². The maximum absolute atomic E-state index is 14.0. The number of halogens is 1. The molecule has 1 amide bonds. The molecule has 0 spiro atoms. The number of nitrogens with one attached hydrogen (secondary N) is 2. The smallest absolute Gasteiger partial charge is 0.244 e. The minimum atomic E-state index is -4.26. The van der Waals surface area contributed by atoms with E-state index in [2.05, 4.69) is 15.0 Å². The fourth-order valence-corrected chi connectivity index (χ4v) is 4.05. The maximum Gasteiger partial charge on any atom is 0.244 e. The summed E-state index contributed by atoms with van der Waals surface area (Å²) < 4.78 is 41.8. The van der Waals surface area contributed by atoms with Crippen molar-refractivity contribution in [2.45, 2.75) is 24.3 Å². The number of carbonyl (C=O) groups excluding carboxylic acids is 1. The highest BCUT2D eigenvalue weighted by Crippen LogP contribution is 2.16. The van der Waals surface area contributed by atoms with E-state index in [4.69, 9.17) is 0 Å². The first-order chi connectivity index (χ1) is 13.8. The molecule has 150 valence electrons. The van der Waals surface area contributed by atoms with Crippen LogP contribution >= 0.6 is 0 Å². The summed E-state index contributed by atoms with van der Waals surface area (Å²) >= 11 is 0. The van der Waals surface area contributed by atoms with Gasteiger partial charge < -0.3 is 5.32 Å². The number of nitrogens with zero attached hydrogens (tertiary/aromatic N) is 1. The lowest BCUT2D eigenvalue weighted by Crippen LogP contribution is -2.45. The fourth-order valence-electron chi connectivity index (χ4n) is 2.78. The Morgan fingerprint density at radius 3 is 2.38 bits per heavy atom. The number of hydrogen-bond acceptors (Lipinski definition) is 4. The standard InChI is InChI=1S/C21H20FN3O3S/c1-15-8-7-13-20(23-15)24-21(26)18(14-16-9-3-2-4-10-16)25-29(27,28)19-12-6-5-11-17(19)22/h2-13,18,25H,14H2,1H3,(H,23,24,26). The van der Waals surface area contributed by atoms with Gasteiger partial charge in [0.05, 0.1) is 0 Å². The first-order valence-corrected chi connectivity index (χ1v) is 10.4. The van der Waals surface area contributed by atoms with Crippen molar-refractivity contribution in [2.24, 2.45) is 0 Å². The van der Waals surface area contributed by atoms with Gasteiger partial charge in [0.15, 0.2) is 0 Å². The Hall–Kier alpha value is -3.10. The maximum atomic E-state index is 14.0. The molecule has 1 atom stereocenters. The molecular weight excluding hydrogens is 393 g/mol. The topological polar surface area (TPSA) is 88.2 Å². The molecule has 3 aromatic rings. The van der Waals surface area contributed by atoms with Gasteiger partial charge in [0.1, 0.15) is 22.6 Å². The van der Waals surface area contributed by atoms with E-state index in [0.717, 1.165) is 17.7 Å². The molecule has 0 aliphatic heterocycles. The van der Waals surface area contributed by atoms with Crippen LogP contribution in [0.25, 0.3) is 0 Å². The van der Waals surface area contributed by atoms with Crippen molar-refractivity contribution < 1.29 is 17.6 Å². The van der Waals surface area contributed by atoms with Crippen molar-refractivity contribution >= 4 is 21.7 Å². The van der Waals surface area contributed by atoms with Gasteiger partial charge in [-0.1, -0.05) is 48.5 Å². The number of pyridine rings is 1. The first kappa shape index (κ1) is 20.6. The molecule has 29 heavy (non-hydrogen) atoms. The minimum Gasteiger partial charge on any atom is -0.309 e. The van der Waals surface area contributed by atoms with Crippen LogP contribution in [0.15, 0.2) is 77.7 Å². The summed E-state index contributed by atoms with van der Waals surface area (Å²) in [5.74, 6) is -1.18. The molecule has 0 aliphatic carbocycles. The van der Waals surface area contributed by atoms with Gasteiger partial charge in [-0.05, 0) is 43.2 Å². The molecule has 8 heteroatoms. The summed E-state index contributed by atoms with van der Waals surface area (Å²) in [6.07, 6.45) is 0.0895. The molecule has 3 rings (SSSR count). The van der Waals surface area contributed by atoms with E-state index in [1.807, 2.05) is 6.07 Å². The third-order valence-corrected chi connectivity index (χ3v) is 5.67. The second kappa shape index (κ2) is 8.93. The van der Waals surface area contributed by atoms with Crippen LogP contribution in [0, 0.1) is 12.7 Å². The van der Waals surface area contributed by atoms with Crippen molar-refractivity contribution in [3.63, 3.8) is 0 Å². The molecule has 0 saturated heterocycles. The van der Waals surface area contributed by atoms with Crippen molar-refractivity contribution in [3.05, 3.63) is 89.9 Å². The van der Waals surface area contributed by atoms with Crippen molar-refractivity contribution in [3.8, 4) is 0 Å². The third-order valence-electron chi connectivity index (χ3n) is 4.16. The molecule has 1 unspecified atom stereocenters. The van der Waals surface area contributed by atoms with Crippen LogP contribution in [0.4, 0.5) is 10.2 Å². The third kappa shape index (κ3) is 5.46. The Labute approximate surface area is 168 Å². The molecule has 0 aliphatic rings. The Balaban J connectivity index is 1.88. The minimum absolute atomic E-state index is 0.0895. The van der Waals surface area contributed by atoms with Crippen LogP contribution in [-0.2, 0) is 21.2 Å². The van der Waals surface area contributed by atoms with E-state index in [0.29, 0.717) is 11.5 Å². The van der Waals surface area contributed by atoms with Gasteiger partial charge in [-0.25, -0.2) is 17.8 Å². The van der Waals surface area contributed by atoms with Gasteiger partial charge >= 0.3 is 0 Å². The van der Waals surface area contributed by atoms with Crippen LogP contribution in [0.3, 0.4) is 0 Å². The SMILES string of the molecule is Cc1cccc(NC(=O)C(Cc2ccccc2)NS(=O)(=O)c2ccccc2F)n1. The highest BCUT2D eigenvalue weighted by Gasteiger charge is 2.28. The molecule has 1 aromatic heterocycles. The Morgan fingerprint density at radius 2 is 1.69 bits per heavy atom. The number of benzene rings is 2. The average Bonchev–Trinajstić information content (AvgIpc) is 2.68. The number of hydrogen-bond donors (Lipinski definition) is 2. The largest absolute Gasteiger partial charge is 0.309 e. The van der Waals surface area contributed by atoms with Gasteiger partial charge in [0.25, 0.3) is 0 Å². The lowest BCUT2D eigenvalue weighted by atomic mass is 10.1. The molecule has 0 fully saturated rings. The predicted octanol–water partition coefficient (Wildman–Crippen LogP) is 3.06. The van der Waals surface area contributed by atoms with Crippen LogP contribution in [0.5, 0.6) is 0 Å². The number of amides is 1. The summed E-state index contributed by atoms with van der Waals surface area (Å²) in [7, 11) is -4.26. The van der Waals surface area contributed by atoms with Crippen LogP contribution in [-0.4, -0.2) is 25.4 Å². The number of anilines is 1. The van der Waals surface area contributed by atoms with Crippen molar-refractivity contribution in [1.82, 2.24) is 9.71 Å².